The lowest BCUT2D eigenvalue weighted by atomic mass is 10.00. The largest absolute Gasteiger partial charge is 0.356 e. The van der Waals surface area contributed by atoms with Crippen LogP contribution in [0.15, 0.2) is 16.7 Å². The van der Waals surface area contributed by atoms with Crippen LogP contribution in [0.2, 0.25) is 0 Å². The van der Waals surface area contributed by atoms with Crippen molar-refractivity contribution in [3.63, 3.8) is 0 Å². The number of aromatic nitrogens is 1. The Morgan fingerprint density at radius 2 is 2.20 bits per heavy atom. The van der Waals surface area contributed by atoms with Gasteiger partial charge in [0.1, 0.15) is 0 Å². The molecular weight excluding hydrogens is 256 g/mol. The van der Waals surface area contributed by atoms with Crippen LogP contribution in [0, 0.1) is 0 Å². The molecule has 1 aromatic rings. The van der Waals surface area contributed by atoms with Gasteiger partial charge >= 0.3 is 0 Å². The summed E-state index contributed by atoms with van der Waals surface area (Å²) in [7, 11) is 0. The maximum absolute atomic E-state index is 11.3. The van der Waals surface area contributed by atoms with Gasteiger partial charge in [0.25, 0.3) is 0 Å². The first-order valence-corrected chi connectivity index (χ1v) is 6.62. The quantitative estimate of drug-likeness (QED) is 0.786. The highest BCUT2D eigenvalue weighted by molar-refractivity contribution is 5.85. The molecule has 1 rings (SSSR count). The number of carbonyl (C=O) groups excluding carboxylic acids is 2. The van der Waals surface area contributed by atoms with Gasteiger partial charge in [-0.2, -0.15) is 0 Å². The molecule has 0 aliphatic heterocycles. The van der Waals surface area contributed by atoms with Gasteiger partial charge in [-0.1, -0.05) is 30.3 Å². The van der Waals surface area contributed by atoms with Crippen molar-refractivity contribution in [2.75, 3.05) is 0 Å². The molecule has 0 bridgehead atoms. The first kappa shape index (κ1) is 15.9. The number of allylic oxidation sites excluding steroid dienone is 2. The number of carbonyl (C=O) groups is 2. The van der Waals surface area contributed by atoms with E-state index in [0.717, 1.165) is 10.9 Å². The van der Waals surface area contributed by atoms with Gasteiger partial charge < -0.3 is 4.52 Å². The van der Waals surface area contributed by atoms with Crippen LogP contribution in [-0.2, 0) is 9.59 Å². The molecule has 1 N–H and O–H groups in total. The maximum Gasteiger partial charge on any atom is 0.226 e. The van der Waals surface area contributed by atoms with Gasteiger partial charge in [0.2, 0.25) is 12.3 Å². The third-order valence-electron chi connectivity index (χ3n) is 3.00. The monoisotopic (exact) mass is 276 g/mol. The lowest BCUT2D eigenvalue weighted by molar-refractivity contribution is -0.125. The minimum absolute atomic E-state index is 0.0788. The number of hydrogen-bond donors (Lipinski definition) is 1. The van der Waals surface area contributed by atoms with Crippen molar-refractivity contribution in [3.05, 3.63) is 28.5 Å². The van der Waals surface area contributed by atoms with Crippen LogP contribution < -0.4 is 16.0 Å². The van der Waals surface area contributed by atoms with Crippen LogP contribution in [0.4, 0.5) is 0 Å². The summed E-state index contributed by atoms with van der Waals surface area (Å²) in [4.78, 5) is 21.4. The van der Waals surface area contributed by atoms with Crippen molar-refractivity contribution < 1.29 is 14.1 Å². The molecule has 0 fully saturated rings. The number of nitrogens with zero attached hydrogens (tertiary/aromatic N) is 1. The molecule has 2 amide bonds. The Balaban J connectivity index is 2.89. The van der Waals surface area contributed by atoms with Gasteiger partial charge in [-0.05, 0) is 26.3 Å². The van der Waals surface area contributed by atoms with E-state index in [2.05, 4.69) is 10.5 Å². The second kappa shape index (κ2) is 8.09. The highest BCUT2D eigenvalue weighted by Gasteiger charge is 2.14. The Kier molecular flexibility index (Phi) is 6.43. The molecule has 0 saturated carbocycles. The van der Waals surface area contributed by atoms with Gasteiger partial charge in [0, 0.05) is 17.6 Å². The summed E-state index contributed by atoms with van der Waals surface area (Å²) in [6.07, 6.45) is 8.90. The molecule has 108 valence electrons. The van der Waals surface area contributed by atoms with Crippen molar-refractivity contribution in [1.29, 1.82) is 0 Å². The molecule has 0 aromatic carbocycles. The fourth-order valence-electron chi connectivity index (χ4n) is 1.89. The number of amides is 2. The summed E-state index contributed by atoms with van der Waals surface area (Å²) in [5.74, 6) is -0.201. The Labute approximate surface area is 118 Å². The molecule has 0 radical (unpaired) electrons. The normalized spacial score (nSPS) is 14.8. The second-order valence-corrected chi connectivity index (χ2v) is 4.45. The van der Waals surface area contributed by atoms with Crippen LogP contribution in [0.5, 0.6) is 0 Å². The fourth-order valence-corrected chi connectivity index (χ4v) is 1.89. The van der Waals surface area contributed by atoms with E-state index in [-0.39, 0.29) is 18.2 Å². The molecule has 0 aliphatic carbocycles. The van der Waals surface area contributed by atoms with E-state index in [1.54, 1.807) is 0 Å². The molecule has 1 atom stereocenters. The van der Waals surface area contributed by atoms with Crippen molar-refractivity contribution >= 4 is 24.5 Å². The predicted molar refractivity (Wildman–Crippen MR) is 77.0 cm³/mol. The van der Waals surface area contributed by atoms with E-state index in [0.29, 0.717) is 18.2 Å². The topological polar surface area (TPSA) is 72.2 Å². The molecule has 5 heteroatoms. The molecular formula is C15H20N2O3. The molecule has 0 spiro atoms. The van der Waals surface area contributed by atoms with Crippen molar-refractivity contribution in [3.8, 4) is 0 Å². The molecule has 5 nitrogen and oxygen atoms in total. The van der Waals surface area contributed by atoms with Crippen LogP contribution >= 0.6 is 0 Å². The predicted octanol–water partition coefficient (Wildman–Crippen LogP) is 0.988. The molecule has 0 aliphatic rings. The molecule has 1 aromatic heterocycles. The summed E-state index contributed by atoms with van der Waals surface area (Å²) in [6, 6.07) is 0. The Bertz CT molecular complexity index is 599. The Morgan fingerprint density at radius 1 is 1.45 bits per heavy atom. The lowest BCUT2D eigenvalue weighted by Crippen LogP contribution is -2.25. The van der Waals surface area contributed by atoms with Crippen LogP contribution in [0.1, 0.15) is 45.2 Å². The van der Waals surface area contributed by atoms with E-state index in [4.69, 9.17) is 4.52 Å². The third kappa shape index (κ3) is 4.19. The molecule has 1 unspecified atom stereocenters. The van der Waals surface area contributed by atoms with Crippen LogP contribution in [0.25, 0.3) is 12.2 Å². The minimum atomic E-state index is -0.280. The smallest absolute Gasteiger partial charge is 0.226 e. The SMILES string of the molecule is C\C=C/C=c1/onc(C(C)CCC(=O)NC=O)/c1=C/C. The third-order valence-corrected chi connectivity index (χ3v) is 3.00. The summed E-state index contributed by atoms with van der Waals surface area (Å²) < 4.78 is 5.32. The van der Waals surface area contributed by atoms with E-state index in [9.17, 15) is 9.59 Å². The van der Waals surface area contributed by atoms with E-state index in [1.807, 2.05) is 45.1 Å². The first-order chi connectivity index (χ1) is 9.63. The molecule has 1 heterocycles. The molecule has 0 saturated heterocycles. The first-order valence-electron chi connectivity index (χ1n) is 6.62. The van der Waals surface area contributed by atoms with Gasteiger partial charge in [-0.3, -0.25) is 14.9 Å². The molecule has 20 heavy (non-hydrogen) atoms. The van der Waals surface area contributed by atoms with Crippen LogP contribution in [0.3, 0.4) is 0 Å². The summed E-state index contributed by atoms with van der Waals surface area (Å²) in [5.41, 5.74) is 1.55. The summed E-state index contributed by atoms with van der Waals surface area (Å²) >= 11 is 0. The number of rotatable bonds is 6. The summed E-state index contributed by atoms with van der Waals surface area (Å²) in [5, 5.41) is 7.17. The Hall–Kier alpha value is -2.17. The van der Waals surface area contributed by atoms with Gasteiger partial charge in [0.05, 0.1) is 5.69 Å². The zero-order valence-electron chi connectivity index (χ0n) is 12.1. The van der Waals surface area contributed by atoms with Crippen molar-refractivity contribution in [2.45, 2.75) is 39.5 Å². The minimum Gasteiger partial charge on any atom is -0.356 e. The zero-order valence-corrected chi connectivity index (χ0v) is 12.1. The second-order valence-electron chi connectivity index (χ2n) is 4.45. The Morgan fingerprint density at radius 3 is 2.80 bits per heavy atom. The highest BCUT2D eigenvalue weighted by Crippen LogP contribution is 2.14. The highest BCUT2D eigenvalue weighted by atomic mass is 16.5. The standard InChI is InChI=1S/C15H20N2O3/c1-4-6-7-13-12(5-2)15(17-20-13)11(3)8-9-14(19)16-10-18/h4-7,10-11H,8-9H2,1-3H3,(H,16,18,19)/b6-4-,12-5+,13-7+. The van der Waals surface area contributed by atoms with Crippen molar-refractivity contribution in [2.24, 2.45) is 0 Å². The van der Waals surface area contributed by atoms with E-state index < -0.39 is 0 Å². The average molecular weight is 276 g/mol. The number of imide groups is 1. The lowest BCUT2D eigenvalue weighted by Gasteiger charge is -2.06. The van der Waals surface area contributed by atoms with Crippen molar-refractivity contribution in [1.82, 2.24) is 10.5 Å². The fraction of sp³-hybridized carbons (Fsp3) is 0.400. The number of hydrogen-bond acceptors (Lipinski definition) is 4. The maximum atomic E-state index is 11.3. The van der Waals surface area contributed by atoms with Gasteiger partial charge in [-0.15, -0.1) is 0 Å². The number of nitrogens with one attached hydrogen (secondary N) is 1. The van der Waals surface area contributed by atoms with Gasteiger partial charge in [0.15, 0.2) is 5.42 Å². The van der Waals surface area contributed by atoms with E-state index in [1.165, 1.54) is 0 Å². The summed E-state index contributed by atoms with van der Waals surface area (Å²) in [6.45, 7) is 5.84. The zero-order chi connectivity index (χ0) is 15.0. The van der Waals surface area contributed by atoms with E-state index >= 15 is 0 Å². The van der Waals surface area contributed by atoms with Gasteiger partial charge in [-0.25, -0.2) is 0 Å². The average Bonchev–Trinajstić information content (AvgIpc) is 2.85. The van der Waals surface area contributed by atoms with Crippen LogP contribution in [-0.4, -0.2) is 17.5 Å².